The molecule has 1 aliphatic heterocycles. The summed E-state index contributed by atoms with van der Waals surface area (Å²) in [4.78, 5) is 17.0. The molecule has 5 nitrogen and oxygen atoms in total. The van der Waals surface area contributed by atoms with Crippen LogP contribution in [0.3, 0.4) is 0 Å². The van der Waals surface area contributed by atoms with E-state index in [2.05, 4.69) is 36.1 Å². The molecular weight excluding hydrogens is 326 g/mol. The number of rotatable bonds is 4. The molecule has 0 unspecified atom stereocenters. The Morgan fingerprint density at radius 2 is 1.81 bits per heavy atom. The SMILES string of the molecule is Cc1ccccc1N1CCCN(C(=O)[C@@H](N)Cc2ccc(O)cc2)CC1. The molecule has 1 saturated heterocycles. The van der Waals surface area contributed by atoms with Crippen molar-refractivity contribution >= 4 is 11.6 Å². The monoisotopic (exact) mass is 353 g/mol. The van der Waals surface area contributed by atoms with Gasteiger partial charge in [-0.05, 0) is 49.1 Å². The van der Waals surface area contributed by atoms with Crippen LogP contribution in [-0.4, -0.2) is 48.1 Å². The normalized spacial score (nSPS) is 16.2. The lowest BCUT2D eigenvalue weighted by Gasteiger charge is -2.26. The van der Waals surface area contributed by atoms with Gasteiger partial charge in [0.05, 0.1) is 6.04 Å². The molecule has 1 amide bonds. The largest absolute Gasteiger partial charge is 0.508 e. The van der Waals surface area contributed by atoms with Crippen molar-refractivity contribution in [1.82, 2.24) is 4.90 Å². The fraction of sp³-hybridized carbons (Fsp3) is 0.381. The first kappa shape index (κ1) is 18.3. The van der Waals surface area contributed by atoms with Crippen LogP contribution in [-0.2, 0) is 11.2 Å². The van der Waals surface area contributed by atoms with Crippen LogP contribution >= 0.6 is 0 Å². The fourth-order valence-corrected chi connectivity index (χ4v) is 3.50. The number of anilines is 1. The van der Waals surface area contributed by atoms with Crippen LogP contribution in [0.25, 0.3) is 0 Å². The van der Waals surface area contributed by atoms with E-state index in [0.29, 0.717) is 13.0 Å². The van der Waals surface area contributed by atoms with Gasteiger partial charge in [0.2, 0.25) is 5.91 Å². The number of aromatic hydroxyl groups is 1. The van der Waals surface area contributed by atoms with Gasteiger partial charge in [0.1, 0.15) is 5.75 Å². The average molecular weight is 353 g/mol. The van der Waals surface area contributed by atoms with Gasteiger partial charge in [-0.25, -0.2) is 0 Å². The molecule has 2 aromatic rings. The van der Waals surface area contributed by atoms with E-state index in [1.807, 2.05) is 17.0 Å². The second kappa shape index (κ2) is 8.23. The number of phenols is 1. The average Bonchev–Trinajstić information content (AvgIpc) is 2.89. The molecule has 138 valence electrons. The smallest absolute Gasteiger partial charge is 0.239 e. The van der Waals surface area contributed by atoms with Crippen molar-refractivity contribution < 1.29 is 9.90 Å². The van der Waals surface area contributed by atoms with Crippen molar-refractivity contribution in [2.24, 2.45) is 5.73 Å². The predicted molar refractivity (Wildman–Crippen MR) is 104 cm³/mol. The third kappa shape index (κ3) is 4.35. The maximum absolute atomic E-state index is 12.8. The number of hydrogen-bond donors (Lipinski definition) is 2. The van der Waals surface area contributed by atoms with Gasteiger partial charge in [0, 0.05) is 31.9 Å². The highest BCUT2D eigenvalue weighted by atomic mass is 16.3. The predicted octanol–water partition coefficient (Wildman–Crippen LogP) is 2.31. The first-order valence-electron chi connectivity index (χ1n) is 9.17. The van der Waals surface area contributed by atoms with Crippen molar-refractivity contribution in [1.29, 1.82) is 0 Å². The van der Waals surface area contributed by atoms with Crippen LogP contribution < -0.4 is 10.6 Å². The number of aryl methyl sites for hydroxylation is 1. The molecule has 1 fully saturated rings. The molecule has 26 heavy (non-hydrogen) atoms. The molecule has 0 aromatic heterocycles. The van der Waals surface area contributed by atoms with Crippen LogP contribution in [0.15, 0.2) is 48.5 Å². The Kier molecular flexibility index (Phi) is 5.78. The van der Waals surface area contributed by atoms with Gasteiger partial charge in [0.15, 0.2) is 0 Å². The van der Waals surface area contributed by atoms with E-state index in [1.54, 1.807) is 12.1 Å². The van der Waals surface area contributed by atoms with Crippen molar-refractivity contribution in [3.63, 3.8) is 0 Å². The highest BCUT2D eigenvalue weighted by Crippen LogP contribution is 2.21. The molecule has 0 saturated carbocycles. The van der Waals surface area contributed by atoms with Crippen molar-refractivity contribution in [3.05, 3.63) is 59.7 Å². The summed E-state index contributed by atoms with van der Waals surface area (Å²) in [5.74, 6) is 0.224. The van der Waals surface area contributed by atoms with E-state index in [1.165, 1.54) is 11.3 Å². The summed E-state index contributed by atoms with van der Waals surface area (Å²) in [6.07, 6.45) is 1.42. The summed E-state index contributed by atoms with van der Waals surface area (Å²) in [5, 5.41) is 9.36. The summed E-state index contributed by atoms with van der Waals surface area (Å²) in [6.45, 7) is 5.32. The maximum atomic E-state index is 12.8. The highest BCUT2D eigenvalue weighted by Gasteiger charge is 2.24. The third-order valence-electron chi connectivity index (χ3n) is 4.97. The number of amides is 1. The Labute approximate surface area is 155 Å². The molecule has 1 heterocycles. The van der Waals surface area contributed by atoms with Crippen LogP contribution in [0.4, 0.5) is 5.69 Å². The number of benzene rings is 2. The summed E-state index contributed by atoms with van der Waals surface area (Å²) >= 11 is 0. The van der Waals surface area contributed by atoms with Crippen LogP contribution in [0.1, 0.15) is 17.5 Å². The number of carbonyl (C=O) groups excluding carboxylic acids is 1. The van der Waals surface area contributed by atoms with Gasteiger partial charge in [0.25, 0.3) is 0 Å². The fourth-order valence-electron chi connectivity index (χ4n) is 3.50. The van der Waals surface area contributed by atoms with E-state index in [4.69, 9.17) is 5.73 Å². The van der Waals surface area contributed by atoms with Gasteiger partial charge in [-0.15, -0.1) is 0 Å². The molecule has 5 heteroatoms. The van der Waals surface area contributed by atoms with E-state index in [-0.39, 0.29) is 11.7 Å². The number of nitrogens with two attached hydrogens (primary N) is 1. The second-order valence-electron chi connectivity index (χ2n) is 6.93. The molecule has 2 aromatic carbocycles. The zero-order chi connectivity index (χ0) is 18.5. The molecule has 3 rings (SSSR count). The topological polar surface area (TPSA) is 69.8 Å². The standard InChI is InChI=1S/C21H27N3O2/c1-16-5-2-3-6-20(16)23-11-4-12-24(14-13-23)21(26)19(22)15-17-7-9-18(25)10-8-17/h2-3,5-10,19,25H,4,11-15,22H2,1H3/t19-/m0/s1. The molecular formula is C21H27N3O2. The first-order chi connectivity index (χ1) is 12.5. The van der Waals surface area contributed by atoms with Crippen molar-refractivity contribution in [2.45, 2.75) is 25.8 Å². The lowest BCUT2D eigenvalue weighted by Crippen LogP contribution is -2.46. The minimum absolute atomic E-state index is 0.00436. The lowest BCUT2D eigenvalue weighted by atomic mass is 10.1. The molecule has 1 atom stereocenters. The third-order valence-corrected chi connectivity index (χ3v) is 4.97. The molecule has 0 aliphatic carbocycles. The van der Waals surface area contributed by atoms with E-state index >= 15 is 0 Å². The molecule has 0 spiro atoms. The van der Waals surface area contributed by atoms with Gasteiger partial charge < -0.3 is 20.6 Å². The Morgan fingerprint density at radius 3 is 2.54 bits per heavy atom. The Hall–Kier alpha value is -2.53. The molecule has 0 radical (unpaired) electrons. The zero-order valence-electron chi connectivity index (χ0n) is 15.3. The summed E-state index contributed by atoms with van der Waals surface area (Å²) in [5.41, 5.74) is 9.64. The lowest BCUT2D eigenvalue weighted by molar-refractivity contribution is -0.132. The van der Waals surface area contributed by atoms with Gasteiger partial charge in [-0.2, -0.15) is 0 Å². The molecule has 0 bridgehead atoms. The van der Waals surface area contributed by atoms with Gasteiger partial charge >= 0.3 is 0 Å². The highest BCUT2D eigenvalue weighted by molar-refractivity contribution is 5.82. The number of hydrogen-bond acceptors (Lipinski definition) is 4. The van der Waals surface area contributed by atoms with E-state index in [9.17, 15) is 9.90 Å². The minimum atomic E-state index is -0.551. The molecule has 1 aliphatic rings. The quantitative estimate of drug-likeness (QED) is 0.885. The summed E-state index contributed by atoms with van der Waals surface area (Å²) < 4.78 is 0. The number of phenolic OH excluding ortho intramolecular Hbond substituents is 1. The summed E-state index contributed by atoms with van der Waals surface area (Å²) in [6, 6.07) is 14.7. The maximum Gasteiger partial charge on any atom is 0.239 e. The van der Waals surface area contributed by atoms with Crippen LogP contribution in [0.2, 0.25) is 0 Å². The summed E-state index contributed by atoms with van der Waals surface area (Å²) in [7, 11) is 0. The second-order valence-corrected chi connectivity index (χ2v) is 6.93. The van der Waals surface area contributed by atoms with Crippen molar-refractivity contribution in [2.75, 3.05) is 31.1 Å². The van der Waals surface area contributed by atoms with Gasteiger partial charge in [-0.3, -0.25) is 4.79 Å². The van der Waals surface area contributed by atoms with E-state index < -0.39 is 6.04 Å². The number of para-hydroxylation sites is 1. The zero-order valence-corrected chi connectivity index (χ0v) is 15.3. The Morgan fingerprint density at radius 1 is 1.08 bits per heavy atom. The Bertz CT molecular complexity index is 745. The van der Waals surface area contributed by atoms with E-state index in [0.717, 1.165) is 31.6 Å². The van der Waals surface area contributed by atoms with Crippen LogP contribution in [0.5, 0.6) is 5.75 Å². The number of carbonyl (C=O) groups is 1. The molecule has 3 N–H and O–H groups in total. The number of nitrogens with zero attached hydrogens (tertiary/aromatic N) is 2. The van der Waals surface area contributed by atoms with Crippen molar-refractivity contribution in [3.8, 4) is 5.75 Å². The minimum Gasteiger partial charge on any atom is -0.508 e. The van der Waals surface area contributed by atoms with Crippen LogP contribution in [0, 0.1) is 6.92 Å². The first-order valence-corrected chi connectivity index (χ1v) is 9.17. The van der Waals surface area contributed by atoms with Gasteiger partial charge in [-0.1, -0.05) is 30.3 Å². The Balaban J connectivity index is 1.60.